The van der Waals surface area contributed by atoms with Gasteiger partial charge in [0.1, 0.15) is 5.76 Å². The molecule has 2 aromatic carbocycles. The molecule has 0 spiro atoms. The molecular weight excluding hydrogens is 265 g/mol. The van der Waals surface area contributed by atoms with Crippen molar-refractivity contribution in [1.29, 1.82) is 0 Å². The van der Waals surface area contributed by atoms with E-state index in [1.807, 2.05) is 19.1 Å². The molecule has 3 heteroatoms. The van der Waals surface area contributed by atoms with E-state index in [0.717, 1.165) is 35.2 Å². The Morgan fingerprint density at radius 2 is 2.00 bits per heavy atom. The number of benzene rings is 2. The third-order valence-electron chi connectivity index (χ3n) is 3.59. The van der Waals surface area contributed by atoms with Gasteiger partial charge in [-0.2, -0.15) is 0 Å². The van der Waals surface area contributed by atoms with Crippen LogP contribution in [0, 0.1) is 12.7 Å². The van der Waals surface area contributed by atoms with Crippen LogP contribution in [0.4, 0.5) is 4.39 Å². The summed E-state index contributed by atoms with van der Waals surface area (Å²) in [6.45, 7) is 5.79. The molecule has 0 saturated carbocycles. The number of aryl methyl sites for hydroxylation is 1. The third-order valence-corrected chi connectivity index (χ3v) is 3.59. The first kappa shape index (κ1) is 13.8. The molecule has 0 bridgehead atoms. The van der Waals surface area contributed by atoms with Crippen molar-refractivity contribution in [2.24, 2.45) is 0 Å². The van der Waals surface area contributed by atoms with Crippen LogP contribution in [0.5, 0.6) is 0 Å². The molecule has 0 aliphatic rings. The van der Waals surface area contributed by atoms with E-state index >= 15 is 0 Å². The summed E-state index contributed by atoms with van der Waals surface area (Å²) in [4.78, 5) is 0. The Morgan fingerprint density at radius 3 is 2.76 bits per heavy atom. The second-order valence-electron chi connectivity index (χ2n) is 5.21. The number of para-hydroxylation sites is 1. The van der Waals surface area contributed by atoms with Crippen LogP contribution in [0.1, 0.15) is 18.1 Å². The molecule has 0 radical (unpaired) electrons. The lowest BCUT2D eigenvalue weighted by Crippen LogP contribution is -2.12. The molecule has 1 heterocycles. The molecule has 0 fully saturated rings. The quantitative estimate of drug-likeness (QED) is 0.753. The zero-order valence-electron chi connectivity index (χ0n) is 12.2. The van der Waals surface area contributed by atoms with Crippen molar-refractivity contribution < 1.29 is 8.81 Å². The summed E-state index contributed by atoms with van der Waals surface area (Å²) in [7, 11) is 0. The number of rotatable bonds is 4. The Bertz CT molecular complexity index is 776. The summed E-state index contributed by atoms with van der Waals surface area (Å²) in [6.07, 6.45) is 0. The Hall–Kier alpha value is -2.13. The van der Waals surface area contributed by atoms with Crippen molar-refractivity contribution in [3.63, 3.8) is 0 Å². The van der Waals surface area contributed by atoms with Gasteiger partial charge >= 0.3 is 0 Å². The van der Waals surface area contributed by atoms with Gasteiger partial charge in [0.05, 0.1) is 0 Å². The molecule has 2 nitrogen and oxygen atoms in total. The van der Waals surface area contributed by atoms with Gasteiger partial charge in [0.2, 0.25) is 0 Å². The van der Waals surface area contributed by atoms with Crippen molar-refractivity contribution in [3.05, 3.63) is 59.4 Å². The molecule has 0 unspecified atom stereocenters. The fraction of sp³-hybridized carbons (Fsp3) is 0.222. The van der Waals surface area contributed by atoms with E-state index in [-0.39, 0.29) is 5.82 Å². The van der Waals surface area contributed by atoms with E-state index in [4.69, 9.17) is 4.42 Å². The monoisotopic (exact) mass is 283 g/mol. The number of hydrogen-bond donors (Lipinski definition) is 1. The lowest BCUT2D eigenvalue weighted by molar-refractivity contribution is 0.568. The largest absolute Gasteiger partial charge is 0.453 e. The topological polar surface area (TPSA) is 25.2 Å². The van der Waals surface area contributed by atoms with Crippen LogP contribution in [0.25, 0.3) is 22.3 Å². The first-order valence-corrected chi connectivity index (χ1v) is 7.17. The van der Waals surface area contributed by atoms with E-state index < -0.39 is 0 Å². The molecule has 0 aliphatic heterocycles. The summed E-state index contributed by atoms with van der Waals surface area (Å²) in [5.74, 6) is 0.395. The van der Waals surface area contributed by atoms with Gasteiger partial charge in [-0.1, -0.05) is 36.8 Å². The summed E-state index contributed by atoms with van der Waals surface area (Å²) < 4.78 is 19.5. The number of hydrogen-bond acceptors (Lipinski definition) is 2. The third kappa shape index (κ3) is 2.69. The lowest BCUT2D eigenvalue weighted by atomic mass is 10.0. The van der Waals surface area contributed by atoms with E-state index in [0.29, 0.717) is 11.3 Å². The van der Waals surface area contributed by atoms with Crippen LogP contribution in [-0.2, 0) is 6.54 Å². The van der Waals surface area contributed by atoms with E-state index in [9.17, 15) is 4.39 Å². The molecule has 0 atom stereocenters. The number of nitrogens with one attached hydrogen (secondary N) is 1. The van der Waals surface area contributed by atoms with Gasteiger partial charge in [0.25, 0.3) is 0 Å². The minimum Gasteiger partial charge on any atom is -0.453 e. The Balaban J connectivity index is 2.12. The fourth-order valence-corrected chi connectivity index (χ4v) is 2.49. The van der Waals surface area contributed by atoms with Gasteiger partial charge in [0.15, 0.2) is 11.4 Å². The zero-order valence-corrected chi connectivity index (χ0v) is 12.2. The SMILES string of the molecule is CCNCc1ccc(C)cc1-c1cc2cccc(F)c2o1. The number of fused-ring (bicyclic) bond motifs is 1. The Labute approximate surface area is 123 Å². The van der Waals surface area contributed by atoms with Crippen LogP contribution >= 0.6 is 0 Å². The highest BCUT2D eigenvalue weighted by atomic mass is 19.1. The van der Waals surface area contributed by atoms with Gasteiger partial charge in [-0.3, -0.25) is 0 Å². The first-order chi connectivity index (χ1) is 10.2. The van der Waals surface area contributed by atoms with Gasteiger partial charge < -0.3 is 9.73 Å². The van der Waals surface area contributed by atoms with Gasteiger partial charge in [0, 0.05) is 17.5 Å². The van der Waals surface area contributed by atoms with Crippen molar-refractivity contribution in [2.75, 3.05) is 6.54 Å². The smallest absolute Gasteiger partial charge is 0.170 e. The second-order valence-corrected chi connectivity index (χ2v) is 5.21. The molecule has 0 saturated heterocycles. The summed E-state index contributed by atoms with van der Waals surface area (Å²) in [5.41, 5.74) is 3.66. The van der Waals surface area contributed by atoms with E-state index in [1.165, 1.54) is 6.07 Å². The van der Waals surface area contributed by atoms with Gasteiger partial charge in [-0.25, -0.2) is 4.39 Å². The maximum absolute atomic E-state index is 13.8. The standard InChI is InChI=1S/C18H18FNO/c1-3-20-11-14-8-7-12(2)9-15(14)17-10-13-5-4-6-16(19)18(13)21-17/h4-10,20H,3,11H2,1-2H3. The molecule has 0 aliphatic carbocycles. The highest BCUT2D eigenvalue weighted by molar-refractivity contribution is 5.84. The average molecular weight is 283 g/mol. The molecule has 0 amide bonds. The van der Waals surface area contributed by atoms with E-state index in [2.05, 4.69) is 30.4 Å². The van der Waals surface area contributed by atoms with Crippen molar-refractivity contribution in [3.8, 4) is 11.3 Å². The van der Waals surface area contributed by atoms with Gasteiger partial charge in [-0.05, 0) is 37.2 Å². The molecule has 1 N–H and O–H groups in total. The highest BCUT2D eigenvalue weighted by Crippen LogP contribution is 2.32. The van der Waals surface area contributed by atoms with Crippen LogP contribution in [0.2, 0.25) is 0 Å². The van der Waals surface area contributed by atoms with E-state index in [1.54, 1.807) is 6.07 Å². The zero-order chi connectivity index (χ0) is 14.8. The Kier molecular flexibility index (Phi) is 3.76. The average Bonchev–Trinajstić information content (AvgIpc) is 2.91. The summed E-state index contributed by atoms with van der Waals surface area (Å²) in [5, 5.41) is 4.12. The summed E-state index contributed by atoms with van der Waals surface area (Å²) in [6, 6.07) is 13.2. The maximum atomic E-state index is 13.8. The number of halogens is 1. The second kappa shape index (κ2) is 5.70. The normalized spacial score (nSPS) is 11.2. The molecule has 21 heavy (non-hydrogen) atoms. The predicted molar refractivity (Wildman–Crippen MR) is 83.7 cm³/mol. The Morgan fingerprint density at radius 1 is 1.14 bits per heavy atom. The van der Waals surface area contributed by atoms with Crippen LogP contribution < -0.4 is 5.32 Å². The number of furan rings is 1. The molecule has 108 valence electrons. The minimum absolute atomic E-state index is 0.320. The fourth-order valence-electron chi connectivity index (χ4n) is 2.49. The first-order valence-electron chi connectivity index (χ1n) is 7.17. The minimum atomic E-state index is -0.320. The van der Waals surface area contributed by atoms with Crippen LogP contribution in [0.15, 0.2) is 46.9 Å². The predicted octanol–water partition coefficient (Wildman–Crippen LogP) is 4.66. The summed E-state index contributed by atoms with van der Waals surface area (Å²) >= 11 is 0. The molecule has 3 aromatic rings. The molecule has 3 rings (SSSR count). The van der Waals surface area contributed by atoms with Crippen LogP contribution in [-0.4, -0.2) is 6.54 Å². The molecular formula is C18H18FNO. The van der Waals surface area contributed by atoms with Crippen molar-refractivity contribution in [1.82, 2.24) is 5.32 Å². The van der Waals surface area contributed by atoms with Crippen molar-refractivity contribution in [2.45, 2.75) is 20.4 Å². The maximum Gasteiger partial charge on any atom is 0.170 e. The van der Waals surface area contributed by atoms with Crippen molar-refractivity contribution >= 4 is 11.0 Å². The van der Waals surface area contributed by atoms with Gasteiger partial charge in [-0.15, -0.1) is 0 Å². The molecule has 1 aromatic heterocycles. The van der Waals surface area contributed by atoms with Crippen LogP contribution in [0.3, 0.4) is 0 Å². The lowest BCUT2D eigenvalue weighted by Gasteiger charge is -2.09. The highest BCUT2D eigenvalue weighted by Gasteiger charge is 2.13.